The standard InChI is InChI=1S/C18H17ClN2O2/c1-12(22)21-18-11-20-17-7-2-13(10-16(17)18)8-9-23-15-5-3-14(19)4-6-15/h2-7,10-11,20H,8-9H2,1H3,(H,21,22). The highest BCUT2D eigenvalue weighted by Gasteiger charge is 2.06. The van der Waals surface area contributed by atoms with Gasteiger partial charge in [-0.1, -0.05) is 17.7 Å². The molecule has 0 aliphatic carbocycles. The molecule has 4 nitrogen and oxygen atoms in total. The number of carbonyl (C=O) groups is 1. The number of H-pyrrole nitrogens is 1. The highest BCUT2D eigenvalue weighted by molar-refractivity contribution is 6.30. The molecule has 0 saturated carbocycles. The molecule has 118 valence electrons. The van der Waals surface area contributed by atoms with E-state index in [1.165, 1.54) is 6.92 Å². The first-order valence-corrected chi connectivity index (χ1v) is 7.75. The molecule has 0 fully saturated rings. The Morgan fingerprint density at radius 2 is 2.00 bits per heavy atom. The summed E-state index contributed by atoms with van der Waals surface area (Å²) in [6.07, 6.45) is 2.59. The van der Waals surface area contributed by atoms with Crippen molar-refractivity contribution in [2.45, 2.75) is 13.3 Å². The van der Waals surface area contributed by atoms with Crippen LogP contribution in [0.5, 0.6) is 5.75 Å². The molecule has 0 aliphatic rings. The molecule has 23 heavy (non-hydrogen) atoms. The lowest BCUT2D eigenvalue weighted by Crippen LogP contribution is -2.05. The molecule has 5 heteroatoms. The van der Waals surface area contributed by atoms with Crippen LogP contribution in [0, 0.1) is 0 Å². The van der Waals surface area contributed by atoms with Crippen molar-refractivity contribution in [3.8, 4) is 5.75 Å². The van der Waals surface area contributed by atoms with Crippen LogP contribution in [0.4, 0.5) is 5.69 Å². The topological polar surface area (TPSA) is 54.1 Å². The van der Waals surface area contributed by atoms with E-state index in [2.05, 4.69) is 22.4 Å². The third-order valence-corrected chi connectivity index (χ3v) is 3.78. The molecule has 2 N–H and O–H groups in total. The number of benzene rings is 2. The second kappa shape index (κ2) is 6.75. The summed E-state index contributed by atoms with van der Waals surface area (Å²) in [6, 6.07) is 13.5. The number of anilines is 1. The number of ether oxygens (including phenoxy) is 1. The fourth-order valence-electron chi connectivity index (χ4n) is 2.43. The van der Waals surface area contributed by atoms with Gasteiger partial charge in [0.1, 0.15) is 5.75 Å². The van der Waals surface area contributed by atoms with E-state index < -0.39 is 0 Å². The Bertz CT molecular complexity index is 825. The number of amides is 1. The van der Waals surface area contributed by atoms with Gasteiger partial charge in [0.15, 0.2) is 0 Å². The van der Waals surface area contributed by atoms with Gasteiger partial charge in [0, 0.05) is 35.5 Å². The molecule has 0 atom stereocenters. The molecule has 1 heterocycles. The van der Waals surface area contributed by atoms with Crippen LogP contribution >= 0.6 is 11.6 Å². The molecular formula is C18H17ClN2O2. The highest BCUT2D eigenvalue weighted by atomic mass is 35.5. The Labute approximate surface area is 139 Å². The van der Waals surface area contributed by atoms with Crippen LogP contribution in [-0.4, -0.2) is 17.5 Å². The zero-order valence-electron chi connectivity index (χ0n) is 12.7. The normalized spacial score (nSPS) is 10.7. The predicted molar refractivity (Wildman–Crippen MR) is 93.3 cm³/mol. The molecule has 1 aromatic heterocycles. The molecule has 3 rings (SSSR count). The van der Waals surface area contributed by atoms with Crippen molar-refractivity contribution in [3.05, 3.63) is 59.2 Å². The fourth-order valence-corrected chi connectivity index (χ4v) is 2.56. The SMILES string of the molecule is CC(=O)Nc1c[nH]c2ccc(CCOc3ccc(Cl)cc3)cc12. The van der Waals surface area contributed by atoms with Crippen molar-refractivity contribution in [1.82, 2.24) is 4.98 Å². The van der Waals surface area contributed by atoms with Gasteiger partial charge in [-0.15, -0.1) is 0 Å². The summed E-state index contributed by atoms with van der Waals surface area (Å²) in [5, 5.41) is 4.53. The lowest BCUT2D eigenvalue weighted by Gasteiger charge is -2.07. The quantitative estimate of drug-likeness (QED) is 0.729. The van der Waals surface area contributed by atoms with Crippen molar-refractivity contribution in [2.24, 2.45) is 0 Å². The second-order valence-corrected chi connectivity index (χ2v) is 5.75. The van der Waals surface area contributed by atoms with Gasteiger partial charge < -0.3 is 15.0 Å². The number of aromatic nitrogens is 1. The van der Waals surface area contributed by atoms with Crippen LogP contribution in [0.25, 0.3) is 10.9 Å². The molecule has 3 aromatic rings. The number of hydrogen-bond donors (Lipinski definition) is 2. The number of fused-ring (bicyclic) bond motifs is 1. The van der Waals surface area contributed by atoms with Crippen LogP contribution in [0.1, 0.15) is 12.5 Å². The molecule has 0 radical (unpaired) electrons. The lowest BCUT2D eigenvalue weighted by molar-refractivity contribution is -0.114. The molecule has 0 unspecified atom stereocenters. The van der Waals surface area contributed by atoms with Gasteiger partial charge in [0.2, 0.25) is 5.91 Å². The minimum absolute atomic E-state index is 0.0811. The number of hydrogen-bond acceptors (Lipinski definition) is 2. The minimum Gasteiger partial charge on any atom is -0.493 e. The van der Waals surface area contributed by atoms with E-state index in [0.29, 0.717) is 11.6 Å². The summed E-state index contributed by atoms with van der Waals surface area (Å²) in [5.41, 5.74) is 2.95. The average Bonchev–Trinajstić information content (AvgIpc) is 2.91. The molecule has 0 bridgehead atoms. The first-order valence-electron chi connectivity index (χ1n) is 7.38. The Kier molecular flexibility index (Phi) is 4.53. The van der Waals surface area contributed by atoms with Crippen LogP contribution in [0.2, 0.25) is 5.02 Å². The fraction of sp³-hybridized carbons (Fsp3) is 0.167. The van der Waals surface area contributed by atoms with E-state index in [-0.39, 0.29) is 5.91 Å². The van der Waals surface area contributed by atoms with Crippen molar-refractivity contribution >= 4 is 34.1 Å². The Morgan fingerprint density at radius 3 is 2.74 bits per heavy atom. The number of carbonyl (C=O) groups excluding carboxylic acids is 1. The molecular weight excluding hydrogens is 312 g/mol. The third-order valence-electron chi connectivity index (χ3n) is 3.53. The first-order chi connectivity index (χ1) is 11.1. The van der Waals surface area contributed by atoms with Gasteiger partial charge in [-0.3, -0.25) is 4.79 Å². The number of aromatic amines is 1. The maximum Gasteiger partial charge on any atom is 0.221 e. The van der Waals surface area contributed by atoms with Gasteiger partial charge in [-0.25, -0.2) is 0 Å². The van der Waals surface area contributed by atoms with Crippen LogP contribution in [-0.2, 0) is 11.2 Å². The van der Waals surface area contributed by atoms with Crippen LogP contribution < -0.4 is 10.1 Å². The molecule has 2 aromatic carbocycles. The number of nitrogens with one attached hydrogen (secondary N) is 2. The zero-order valence-corrected chi connectivity index (χ0v) is 13.5. The monoisotopic (exact) mass is 328 g/mol. The van der Waals surface area contributed by atoms with E-state index in [1.807, 2.05) is 30.3 Å². The Hall–Kier alpha value is -2.46. The molecule has 0 aliphatic heterocycles. The van der Waals surface area contributed by atoms with Crippen molar-refractivity contribution < 1.29 is 9.53 Å². The Morgan fingerprint density at radius 1 is 1.22 bits per heavy atom. The van der Waals surface area contributed by atoms with Crippen molar-refractivity contribution in [1.29, 1.82) is 0 Å². The molecule has 0 saturated heterocycles. The van der Waals surface area contributed by atoms with E-state index >= 15 is 0 Å². The maximum absolute atomic E-state index is 11.2. The van der Waals surface area contributed by atoms with E-state index in [4.69, 9.17) is 16.3 Å². The summed E-state index contributed by atoms with van der Waals surface area (Å²) in [4.78, 5) is 14.4. The summed E-state index contributed by atoms with van der Waals surface area (Å²) in [5.74, 6) is 0.721. The second-order valence-electron chi connectivity index (χ2n) is 5.32. The smallest absolute Gasteiger partial charge is 0.221 e. The van der Waals surface area contributed by atoms with Gasteiger partial charge in [0.25, 0.3) is 0 Å². The first kappa shape index (κ1) is 15.4. The van der Waals surface area contributed by atoms with E-state index in [9.17, 15) is 4.79 Å². The lowest BCUT2D eigenvalue weighted by atomic mass is 10.1. The van der Waals surface area contributed by atoms with Crippen LogP contribution in [0.3, 0.4) is 0 Å². The van der Waals surface area contributed by atoms with E-state index in [1.54, 1.807) is 6.20 Å². The van der Waals surface area contributed by atoms with Crippen molar-refractivity contribution in [3.63, 3.8) is 0 Å². The third kappa shape index (κ3) is 3.85. The molecule has 0 spiro atoms. The van der Waals surface area contributed by atoms with Crippen molar-refractivity contribution in [2.75, 3.05) is 11.9 Å². The Balaban J connectivity index is 1.67. The summed E-state index contributed by atoms with van der Waals surface area (Å²) in [6.45, 7) is 2.08. The number of halogens is 1. The van der Waals surface area contributed by atoms with Gasteiger partial charge in [0.05, 0.1) is 12.3 Å². The highest BCUT2D eigenvalue weighted by Crippen LogP contribution is 2.24. The van der Waals surface area contributed by atoms with Crippen LogP contribution in [0.15, 0.2) is 48.7 Å². The summed E-state index contributed by atoms with van der Waals surface area (Å²) in [7, 11) is 0. The predicted octanol–water partition coefficient (Wildman–Crippen LogP) is 4.40. The molecule has 1 amide bonds. The zero-order chi connectivity index (χ0) is 16.2. The van der Waals surface area contributed by atoms with Gasteiger partial charge >= 0.3 is 0 Å². The van der Waals surface area contributed by atoms with Gasteiger partial charge in [-0.2, -0.15) is 0 Å². The summed E-state index contributed by atoms with van der Waals surface area (Å²) < 4.78 is 5.72. The van der Waals surface area contributed by atoms with E-state index in [0.717, 1.165) is 34.3 Å². The average molecular weight is 329 g/mol. The van der Waals surface area contributed by atoms with Gasteiger partial charge in [-0.05, 0) is 42.0 Å². The number of rotatable bonds is 5. The maximum atomic E-state index is 11.2. The largest absolute Gasteiger partial charge is 0.493 e. The summed E-state index contributed by atoms with van der Waals surface area (Å²) >= 11 is 5.85. The minimum atomic E-state index is -0.0811.